The summed E-state index contributed by atoms with van der Waals surface area (Å²) < 4.78 is 11.1. The van der Waals surface area contributed by atoms with Crippen LogP contribution in [-0.4, -0.2) is 19.6 Å². The zero-order valence-corrected chi connectivity index (χ0v) is 17.3. The van der Waals surface area contributed by atoms with Crippen LogP contribution in [0.15, 0.2) is 42.0 Å². The number of rotatable bonds is 7. The summed E-state index contributed by atoms with van der Waals surface area (Å²) in [6.07, 6.45) is 1.47. The molecule has 0 unspecified atom stereocenters. The summed E-state index contributed by atoms with van der Waals surface area (Å²) in [6.45, 7) is 4.59. The highest BCUT2D eigenvalue weighted by Crippen LogP contribution is 2.31. The topological polar surface area (TPSA) is 71.3 Å². The molecule has 0 saturated carbocycles. The van der Waals surface area contributed by atoms with Crippen molar-refractivity contribution in [3.63, 3.8) is 0 Å². The van der Waals surface area contributed by atoms with Gasteiger partial charge in [0.15, 0.2) is 11.5 Å². The highest BCUT2D eigenvalue weighted by Gasteiger charge is 2.14. The minimum absolute atomic E-state index is 0.0870. The van der Waals surface area contributed by atoms with Crippen LogP contribution in [-0.2, 0) is 4.79 Å². The maximum absolute atomic E-state index is 12.5. The second kappa shape index (κ2) is 10.0. The van der Waals surface area contributed by atoms with Gasteiger partial charge in [0, 0.05) is 0 Å². The Kier molecular flexibility index (Phi) is 7.74. The molecule has 0 spiro atoms. The van der Waals surface area contributed by atoms with Gasteiger partial charge in [-0.3, -0.25) is 4.79 Å². The number of carbonyl (C=O) groups excluding carboxylic acids is 1. The smallest absolute Gasteiger partial charge is 0.266 e. The lowest BCUT2D eigenvalue weighted by molar-refractivity contribution is -0.112. The number of ether oxygens (including phenoxy) is 2. The van der Waals surface area contributed by atoms with Crippen molar-refractivity contribution in [3.8, 4) is 17.6 Å². The monoisotopic (exact) mass is 418 g/mol. The SMILES string of the molecule is COc1ccc(/C=C(\C#N)C(=O)Nc2cccc(Cl)c2Cl)cc1OCC(C)C. The summed E-state index contributed by atoms with van der Waals surface area (Å²) in [7, 11) is 1.55. The van der Waals surface area contributed by atoms with Gasteiger partial charge in [0.25, 0.3) is 5.91 Å². The Bertz CT molecular complexity index is 934. The number of anilines is 1. The highest BCUT2D eigenvalue weighted by molar-refractivity contribution is 6.44. The molecule has 0 aromatic heterocycles. The van der Waals surface area contributed by atoms with E-state index >= 15 is 0 Å². The van der Waals surface area contributed by atoms with Gasteiger partial charge in [-0.05, 0) is 41.8 Å². The Morgan fingerprint density at radius 2 is 2.00 bits per heavy atom. The Morgan fingerprint density at radius 3 is 2.64 bits per heavy atom. The van der Waals surface area contributed by atoms with Gasteiger partial charge < -0.3 is 14.8 Å². The van der Waals surface area contributed by atoms with Gasteiger partial charge in [-0.1, -0.05) is 49.2 Å². The molecule has 2 aromatic carbocycles. The Hall–Kier alpha value is -2.68. The first-order valence-electron chi connectivity index (χ1n) is 8.53. The molecule has 0 atom stereocenters. The van der Waals surface area contributed by atoms with Crippen molar-refractivity contribution in [2.75, 3.05) is 19.0 Å². The lowest BCUT2D eigenvalue weighted by atomic mass is 10.1. The molecule has 0 bridgehead atoms. The molecule has 0 radical (unpaired) electrons. The zero-order chi connectivity index (χ0) is 20.7. The minimum atomic E-state index is -0.591. The average molecular weight is 419 g/mol. The molecule has 0 saturated heterocycles. The molecule has 0 aliphatic heterocycles. The van der Waals surface area contributed by atoms with Crippen molar-refractivity contribution in [1.29, 1.82) is 5.26 Å². The molecule has 1 amide bonds. The van der Waals surface area contributed by atoms with Crippen molar-refractivity contribution in [2.24, 2.45) is 5.92 Å². The average Bonchev–Trinajstić information content (AvgIpc) is 2.67. The lowest BCUT2D eigenvalue weighted by Gasteiger charge is -2.13. The summed E-state index contributed by atoms with van der Waals surface area (Å²) in [6, 6.07) is 11.9. The van der Waals surface area contributed by atoms with E-state index in [4.69, 9.17) is 32.7 Å². The third kappa shape index (κ3) is 5.66. The van der Waals surface area contributed by atoms with Gasteiger partial charge in [0.1, 0.15) is 11.6 Å². The fourth-order valence-electron chi connectivity index (χ4n) is 2.26. The van der Waals surface area contributed by atoms with Crippen LogP contribution in [0.2, 0.25) is 10.0 Å². The number of nitrogens with zero attached hydrogens (tertiary/aromatic N) is 1. The number of carbonyl (C=O) groups is 1. The van der Waals surface area contributed by atoms with Crippen molar-refractivity contribution >= 4 is 40.9 Å². The number of benzene rings is 2. The van der Waals surface area contributed by atoms with Crippen LogP contribution in [0.25, 0.3) is 6.08 Å². The van der Waals surface area contributed by atoms with E-state index < -0.39 is 5.91 Å². The molecular formula is C21H20Cl2N2O3. The number of methoxy groups -OCH3 is 1. The molecule has 1 N–H and O–H groups in total. The predicted octanol–water partition coefficient (Wildman–Crippen LogP) is 5.58. The molecule has 0 fully saturated rings. The van der Waals surface area contributed by atoms with Crippen molar-refractivity contribution < 1.29 is 14.3 Å². The van der Waals surface area contributed by atoms with E-state index in [0.717, 1.165) is 0 Å². The fourth-order valence-corrected chi connectivity index (χ4v) is 2.61. The first-order chi connectivity index (χ1) is 13.3. The Morgan fingerprint density at radius 1 is 1.25 bits per heavy atom. The second-order valence-electron chi connectivity index (χ2n) is 6.34. The first kappa shape index (κ1) is 21.6. The lowest BCUT2D eigenvalue weighted by Crippen LogP contribution is -2.13. The van der Waals surface area contributed by atoms with Crippen LogP contribution in [0.4, 0.5) is 5.69 Å². The molecule has 0 aliphatic carbocycles. The molecular weight excluding hydrogens is 399 g/mol. The van der Waals surface area contributed by atoms with Crippen LogP contribution in [0, 0.1) is 17.2 Å². The zero-order valence-electron chi connectivity index (χ0n) is 15.8. The summed E-state index contributed by atoms with van der Waals surface area (Å²) in [5.74, 6) is 0.867. The van der Waals surface area contributed by atoms with Crippen LogP contribution < -0.4 is 14.8 Å². The molecule has 5 nitrogen and oxygen atoms in total. The fraction of sp³-hybridized carbons (Fsp3) is 0.238. The van der Waals surface area contributed by atoms with Crippen LogP contribution in [0.5, 0.6) is 11.5 Å². The van der Waals surface area contributed by atoms with E-state index in [-0.39, 0.29) is 10.6 Å². The van der Waals surface area contributed by atoms with E-state index in [1.54, 1.807) is 43.5 Å². The van der Waals surface area contributed by atoms with Crippen molar-refractivity contribution in [1.82, 2.24) is 0 Å². The number of amides is 1. The number of hydrogen-bond donors (Lipinski definition) is 1. The maximum atomic E-state index is 12.5. The van der Waals surface area contributed by atoms with E-state index in [1.807, 2.05) is 19.9 Å². The normalized spacial score (nSPS) is 11.1. The van der Waals surface area contributed by atoms with E-state index in [0.29, 0.717) is 40.3 Å². The van der Waals surface area contributed by atoms with Gasteiger partial charge >= 0.3 is 0 Å². The van der Waals surface area contributed by atoms with Crippen LogP contribution in [0.3, 0.4) is 0 Å². The Labute approximate surface area is 174 Å². The van der Waals surface area contributed by atoms with Gasteiger partial charge in [0.05, 0.1) is 29.4 Å². The van der Waals surface area contributed by atoms with Crippen molar-refractivity contribution in [3.05, 3.63) is 57.6 Å². The summed E-state index contributed by atoms with van der Waals surface area (Å²) >= 11 is 12.0. The highest BCUT2D eigenvalue weighted by atomic mass is 35.5. The summed E-state index contributed by atoms with van der Waals surface area (Å²) in [5, 5.41) is 12.5. The summed E-state index contributed by atoms with van der Waals surface area (Å²) in [5.41, 5.74) is 0.871. The molecule has 2 aromatic rings. The molecule has 2 rings (SSSR count). The third-order valence-corrected chi connectivity index (χ3v) is 4.45. The van der Waals surface area contributed by atoms with Gasteiger partial charge in [0.2, 0.25) is 0 Å². The second-order valence-corrected chi connectivity index (χ2v) is 7.13. The molecule has 0 aliphatic rings. The predicted molar refractivity (Wildman–Crippen MR) is 112 cm³/mol. The molecule has 28 heavy (non-hydrogen) atoms. The van der Waals surface area contributed by atoms with Crippen molar-refractivity contribution in [2.45, 2.75) is 13.8 Å². The molecule has 146 valence electrons. The largest absolute Gasteiger partial charge is 0.493 e. The van der Waals surface area contributed by atoms with E-state index in [2.05, 4.69) is 5.32 Å². The van der Waals surface area contributed by atoms with Crippen LogP contribution >= 0.6 is 23.2 Å². The molecule has 0 heterocycles. The Balaban J connectivity index is 2.28. The number of hydrogen-bond acceptors (Lipinski definition) is 4. The number of nitrogens with one attached hydrogen (secondary N) is 1. The van der Waals surface area contributed by atoms with Gasteiger partial charge in [-0.2, -0.15) is 5.26 Å². The number of nitriles is 1. The minimum Gasteiger partial charge on any atom is -0.493 e. The van der Waals surface area contributed by atoms with Crippen LogP contribution in [0.1, 0.15) is 19.4 Å². The summed E-state index contributed by atoms with van der Waals surface area (Å²) in [4.78, 5) is 12.5. The maximum Gasteiger partial charge on any atom is 0.266 e. The van der Waals surface area contributed by atoms with Gasteiger partial charge in [-0.15, -0.1) is 0 Å². The first-order valence-corrected chi connectivity index (χ1v) is 9.29. The van der Waals surface area contributed by atoms with Gasteiger partial charge in [-0.25, -0.2) is 0 Å². The van der Waals surface area contributed by atoms with E-state index in [1.165, 1.54) is 6.08 Å². The standard InChI is InChI=1S/C21H20Cl2N2O3/c1-13(2)12-28-19-10-14(7-8-18(19)27-3)9-15(11-24)21(26)25-17-6-4-5-16(22)20(17)23/h4-10,13H,12H2,1-3H3,(H,25,26)/b15-9+. The van der Waals surface area contributed by atoms with E-state index in [9.17, 15) is 10.1 Å². The number of halogens is 2. The quantitative estimate of drug-likeness (QED) is 0.470. The molecule has 7 heteroatoms. The third-order valence-electron chi connectivity index (χ3n) is 3.64.